The van der Waals surface area contributed by atoms with Gasteiger partial charge in [-0.05, 0) is 30.5 Å². The number of hydrogen-bond acceptors (Lipinski definition) is 1. The minimum absolute atomic E-state index is 0.240. The summed E-state index contributed by atoms with van der Waals surface area (Å²) >= 11 is 5.66. The number of rotatable bonds is 6. The highest BCUT2D eigenvalue weighted by Gasteiger charge is 2.41. The second-order valence-electron chi connectivity index (χ2n) is 3.44. The fourth-order valence-electron chi connectivity index (χ4n) is 1.20. The van der Waals surface area contributed by atoms with Gasteiger partial charge >= 0.3 is 12.5 Å². The highest BCUT2D eigenvalue weighted by molar-refractivity contribution is 6.30. The van der Waals surface area contributed by atoms with E-state index >= 15 is 0 Å². The second-order valence-corrected chi connectivity index (χ2v) is 3.88. The van der Waals surface area contributed by atoms with Crippen molar-refractivity contribution >= 4 is 11.6 Å². The molecule has 0 unspecified atom stereocenters. The van der Waals surface area contributed by atoms with Crippen LogP contribution in [0.3, 0.4) is 0 Å². The van der Waals surface area contributed by atoms with Crippen LogP contribution in [-0.4, -0.2) is 19.1 Å². The molecule has 0 heterocycles. The lowest BCUT2D eigenvalue weighted by atomic mass is 10.1. The Balaban J connectivity index is 2.27. The molecule has 0 saturated carbocycles. The Labute approximate surface area is 101 Å². The normalized spacial score (nSPS) is 12.1. The van der Waals surface area contributed by atoms with E-state index in [1.54, 1.807) is 24.3 Å². The summed E-state index contributed by atoms with van der Waals surface area (Å²) in [7, 11) is 0. The Morgan fingerprint density at radius 1 is 1.18 bits per heavy atom. The molecule has 0 atom stereocenters. The third-order valence-corrected chi connectivity index (χ3v) is 2.32. The maximum Gasteiger partial charge on any atom is 0.416 e. The van der Waals surface area contributed by atoms with Crippen molar-refractivity contribution < 1.29 is 22.3 Å². The molecule has 0 N–H and O–H groups in total. The third-order valence-electron chi connectivity index (χ3n) is 2.07. The van der Waals surface area contributed by atoms with Crippen LogP contribution in [0.1, 0.15) is 12.0 Å². The molecule has 0 amide bonds. The first kappa shape index (κ1) is 14.3. The molecule has 0 spiro atoms. The van der Waals surface area contributed by atoms with Gasteiger partial charge in [0.1, 0.15) is 0 Å². The molecule has 1 aromatic rings. The van der Waals surface area contributed by atoms with Crippen LogP contribution in [0.25, 0.3) is 0 Å². The number of halogens is 5. The zero-order valence-corrected chi connectivity index (χ0v) is 9.56. The molecule has 0 fully saturated rings. The fraction of sp³-hybridized carbons (Fsp3) is 0.455. The molecule has 6 heteroatoms. The van der Waals surface area contributed by atoms with E-state index in [9.17, 15) is 17.6 Å². The third kappa shape index (κ3) is 4.91. The monoisotopic (exact) mass is 270 g/mol. The standard InChI is InChI=1S/C11H11ClF4O/c12-9-5-3-8(4-6-9)2-1-7-17-11(15,16)10(13)14/h3-6,10H,1-2,7H2. The number of ether oxygens (including phenoxy) is 1. The van der Waals surface area contributed by atoms with Crippen LogP contribution in [0.4, 0.5) is 17.6 Å². The Morgan fingerprint density at radius 2 is 1.76 bits per heavy atom. The summed E-state index contributed by atoms with van der Waals surface area (Å²) in [5, 5.41) is 0.578. The molecular weight excluding hydrogens is 260 g/mol. The van der Waals surface area contributed by atoms with Crippen LogP contribution in [0, 0.1) is 0 Å². The molecule has 1 rings (SSSR count). The first-order chi connectivity index (χ1) is 7.92. The van der Waals surface area contributed by atoms with Crippen LogP contribution >= 0.6 is 11.6 Å². The lowest BCUT2D eigenvalue weighted by Crippen LogP contribution is -2.30. The van der Waals surface area contributed by atoms with Crippen molar-refractivity contribution in [2.24, 2.45) is 0 Å². The van der Waals surface area contributed by atoms with Gasteiger partial charge in [0.2, 0.25) is 0 Å². The number of hydrogen-bond donors (Lipinski definition) is 0. The molecule has 17 heavy (non-hydrogen) atoms. The van der Waals surface area contributed by atoms with Gasteiger partial charge in [-0.15, -0.1) is 0 Å². The quantitative estimate of drug-likeness (QED) is 0.557. The van der Waals surface area contributed by atoms with Crippen LogP contribution in [0.15, 0.2) is 24.3 Å². The first-order valence-corrected chi connectivity index (χ1v) is 5.34. The van der Waals surface area contributed by atoms with Gasteiger partial charge in [0.25, 0.3) is 0 Å². The van der Waals surface area contributed by atoms with E-state index in [1.165, 1.54) is 0 Å². The average molecular weight is 271 g/mol. The maximum absolute atomic E-state index is 12.3. The van der Waals surface area contributed by atoms with Gasteiger partial charge in [-0.25, -0.2) is 8.78 Å². The SMILES string of the molecule is FC(F)C(F)(F)OCCCc1ccc(Cl)cc1. The van der Waals surface area contributed by atoms with Gasteiger partial charge < -0.3 is 4.74 Å². The molecule has 1 aromatic carbocycles. The molecule has 0 aromatic heterocycles. The van der Waals surface area contributed by atoms with Crippen molar-refractivity contribution in [3.63, 3.8) is 0 Å². The minimum atomic E-state index is -4.36. The van der Waals surface area contributed by atoms with E-state index < -0.39 is 19.1 Å². The number of aryl methyl sites for hydroxylation is 1. The average Bonchev–Trinajstić information content (AvgIpc) is 2.26. The molecule has 0 aliphatic heterocycles. The van der Waals surface area contributed by atoms with E-state index in [2.05, 4.69) is 4.74 Å². The van der Waals surface area contributed by atoms with Crippen LogP contribution in [0.2, 0.25) is 5.02 Å². The van der Waals surface area contributed by atoms with Crippen LogP contribution in [0.5, 0.6) is 0 Å². The smallest absolute Gasteiger partial charge is 0.316 e. The Morgan fingerprint density at radius 3 is 2.29 bits per heavy atom. The molecule has 96 valence electrons. The highest BCUT2D eigenvalue weighted by atomic mass is 35.5. The molecule has 0 aliphatic rings. The summed E-state index contributed by atoms with van der Waals surface area (Å²) in [6, 6.07) is 6.83. The predicted octanol–water partition coefficient (Wildman–Crippen LogP) is 4.15. The van der Waals surface area contributed by atoms with Crippen molar-refractivity contribution in [1.29, 1.82) is 0 Å². The molecule has 0 aliphatic carbocycles. The van der Waals surface area contributed by atoms with E-state index in [4.69, 9.17) is 11.6 Å². The Hall–Kier alpha value is -0.810. The van der Waals surface area contributed by atoms with Crippen LogP contribution < -0.4 is 0 Å². The number of alkyl halides is 4. The van der Waals surface area contributed by atoms with Crippen molar-refractivity contribution in [3.05, 3.63) is 34.9 Å². The van der Waals surface area contributed by atoms with E-state index in [1.807, 2.05) is 0 Å². The first-order valence-electron chi connectivity index (χ1n) is 4.96. The van der Waals surface area contributed by atoms with Crippen LogP contribution in [-0.2, 0) is 11.2 Å². The van der Waals surface area contributed by atoms with Crippen molar-refractivity contribution in [2.45, 2.75) is 25.4 Å². The van der Waals surface area contributed by atoms with E-state index in [0.717, 1.165) is 5.56 Å². The summed E-state index contributed by atoms with van der Waals surface area (Å²) in [5.41, 5.74) is 0.887. The lowest BCUT2D eigenvalue weighted by Gasteiger charge is -2.15. The summed E-state index contributed by atoms with van der Waals surface area (Å²) < 4.78 is 51.9. The fourth-order valence-corrected chi connectivity index (χ4v) is 1.32. The molecule has 0 bridgehead atoms. The van der Waals surface area contributed by atoms with Crippen molar-refractivity contribution in [2.75, 3.05) is 6.61 Å². The summed E-state index contributed by atoms with van der Waals surface area (Å²) in [4.78, 5) is 0. The van der Waals surface area contributed by atoms with Gasteiger partial charge in [0.05, 0.1) is 6.61 Å². The van der Waals surface area contributed by atoms with Crippen molar-refractivity contribution in [1.82, 2.24) is 0 Å². The summed E-state index contributed by atoms with van der Waals surface area (Å²) in [6.45, 7) is -0.417. The number of benzene rings is 1. The molecule has 1 nitrogen and oxygen atoms in total. The predicted molar refractivity (Wildman–Crippen MR) is 56.7 cm³/mol. The Bertz CT molecular complexity index is 340. The van der Waals surface area contributed by atoms with Gasteiger partial charge in [0.15, 0.2) is 0 Å². The topological polar surface area (TPSA) is 9.23 Å². The van der Waals surface area contributed by atoms with Gasteiger partial charge in [-0.2, -0.15) is 8.78 Å². The Kier molecular flexibility index (Phi) is 5.21. The minimum Gasteiger partial charge on any atom is -0.316 e. The lowest BCUT2D eigenvalue weighted by molar-refractivity contribution is -0.300. The van der Waals surface area contributed by atoms with E-state index in [-0.39, 0.29) is 6.42 Å². The highest BCUT2D eigenvalue weighted by Crippen LogP contribution is 2.24. The largest absolute Gasteiger partial charge is 0.416 e. The summed E-state index contributed by atoms with van der Waals surface area (Å²) in [5.74, 6) is 0. The maximum atomic E-state index is 12.3. The zero-order chi connectivity index (χ0) is 12.9. The van der Waals surface area contributed by atoms with Gasteiger partial charge in [-0.3, -0.25) is 0 Å². The van der Waals surface area contributed by atoms with Gasteiger partial charge in [-0.1, -0.05) is 23.7 Å². The van der Waals surface area contributed by atoms with Gasteiger partial charge in [0, 0.05) is 5.02 Å². The van der Waals surface area contributed by atoms with Crippen molar-refractivity contribution in [3.8, 4) is 0 Å². The molecular formula is C11H11ClF4O. The van der Waals surface area contributed by atoms with E-state index in [0.29, 0.717) is 11.4 Å². The summed E-state index contributed by atoms with van der Waals surface area (Å²) in [6.07, 6.45) is -7.45. The second kappa shape index (κ2) is 6.21. The molecule has 0 radical (unpaired) electrons. The molecule has 0 saturated heterocycles. The zero-order valence-electron chi connectivity index (χ0n) is 8.81.